The Morgan fingerprint density at radius 2 is 2.27 bits per heavy atom. The minimum atomic E-state index is -0.0826. The summed E-state index contributed by atoms with van der Waals surface area (Å²) in [5.74, 6) is 0.935. The molecule has 0 atom stereocenters. The fourth-order valence-electron chi connectivity index (χ4n) is 1.42. The number of hydrogen-bond donors (Lipinski definition) is 1. The van der Waals surface area contributed by atoms with Crippen molar-refractivity contribution in [3.8, 4) is 11.5 Å². The first-order valence-electron chi connectivity index (χ1n) is 4.55. The molecule has 0 radical (unpaired) electrons. The molecule has 15 heavy (non-hydrogen) atoms. The Hall–Kier alpha value is -1.26. The lowest BCUT2D eigenvalue weighted by molar-refractivity contribution is 0.0985. The summed E-state index contributed by atoms with van der Waals surface area (Å²) in [7, 11) is 0. The van der Waals surface area contributed by atoms with E-state index in [0.29, 0.717) is 28.6 Å². The molecular formula is C10H10ClNO3. The Morgan fingerprint density at radius 1 is 1.47 bits per heavy atom. The van der Waals surface area contributed by atoms with Gasteiger partial charge in [0, 0.05) is 12.0 Å². The second kappa shape index (κ2) is 4.08. The number of rotatable bonds is 3. The SMILES string of the molecule is NCCC(=O)c1ccc2c(c1Cl)OCO2. The van der Waals surface area contributed by atoms with Crippen molar-refractivity contribution in [1.29, 1.82) is 0 Å². The number of fused-ring (bicyclic) bond motifs is 1. The van der Waals surface area contributed by atoms with E-state index < -0.39 is 0 Å². The molecule has 2 rings (SSSR count). The van der Waals surface area contributed by atoms with Gasteiger partial charge in [-0.3, -0.25) is 4.79 Å². The second-order valence-electron chi connectivity index (χ2n) is 3.12. The van der Waals surface area contributed by atoms with E-state index in [2.05, 4.69) is 0 Å². The lowest BCUT2D eigenvalue weighted by Gasteiger charge is -2.05. The summed E-state index contributed by atoms with van der Waals surface area (Å²) < 4.78 is 10.3. The topological polar surface area (TPSA) is 61.6 Å². The van der Waals surface area contributed by atoms with Crippen molar-refractivity contribution in [2.45, 2.75) is 6.42 Å². The van der Waals surface area contributed by atoms with Crippen LogP contribution in [0.1, 0.15) is 16.8 Å². The van der Waals surface area contributed by atoms with Crippen LogP contribution in [0.2, 0.25) is 5.02 Å². The summed E-state index contributed by atoms with van der Waals surface area (Å²) >= 11 is 6.02. The van der Waals surface area contributed by atoms with E-state index in [9.17, 15) is 4.79 Å². The van der Waals surface area contributed by atoms with E-state index >= 15 is 0 Å². The molecule has 0 aliphatic carbocycles. The third kappa shape index (κ3) is 1.78. The lowest BCUT2D eigenvalue weighted by atomic mass is 10.1. The Labute approximate surface area is 91.9 Å². The van der Waals surface area contributed by atoms with Gasteiger partial charge < -0.3 is 15.2 Å². The molecule has 1 aliphatic rings. The molecule has 0 fully saturated rings. The maximum Gasteiger partial charge on any atom is 0.231 e. The number of carbonyl (C=O) groups excluding carboxylic acids is 1. The smallest absolute Gasteiger partial charge is 0.231 e. The lowest BCUT2D eigenvalue weighted by Crippen LogP contribution is -2.08. The number of ether oxygens (including phenoxy) is 2. The fraction of sp³-hybridized carbons (Fsp3) is 0.300. The molecule has 1 aliphatic heterocycles. The highest BCUT2D eigenvalue weighted by atomic mass is 35.5. The summed E-state index contributed by atoms with van der Waals surface area (Å²) in [5.41, 5.74) is 5.75. The predicted octanol–water partition coefficient (Wildman–Crippen LogP) is 1.60. The van der Waals surface area contributed by atoms with Crippen LogP contribution in [0.5, 0.6) is 11.5 Å². The third-order valence-corrected chi connectivity index (χ3v) is 2.53. The molecule has 2 N–H and O–H groups in total. The van der Waals surface area contributed by atoms with Gasteiger partial charge in [-0.25, -0.2) is 0 Å². The highest BCUT2D eigenvalue weighted by Gasteiger charge is 2.22. The van der Waals surface area contributed by atoms with E-state index in [1.54, 1.807) is 12.1 Å². The molecule has 0 amide bonds. The summed E-state index contributed by atoms with van der Waals surface area (Å²) in [6.45, 7) is 0.452. The maximum atomic E-state index is 11.6. The van der Waals surface area contributed by atoms with Crippen LogP contribution >= 0.6 is 11.6 Å². The second-order valence-corrected chi connectivity index (χ2v) is 3.50. The molecule has 0 spiro atoms. The van der Waals surface area contributed by atoms with Gasteiger partial charge >= 0.3 is 0 Å². The van der Waals surface area contributed by atoms with E-state index in [0.717, 1.165) is 0 Å². The molecule has 0 saturated heterocycles. The number of hydrogen-bond acceptors (Lipinski definition) is 4. The Balaban J connectivity index is 2.38. The number of carbonyl (C=O) groups is 1. The van der Waals surface area contributed by atoms with Gasteiger partial charge in [-0.1, -0.05) is 11.6 Å². The van der Waals surface area contributed by atoms with Crippen LogP contribution in [0.25, 0.3) is 0 Å². The van der Waals surface area contributed by atoms with Gasteiger partial charge in [0.1, 0.15) is 0 Å². The molecule has 4 nitrogen and oxygen atoms in total. The molecule has 0 bridgehead atoms. The number of Topliss-reactive ketones (excluding diaryl/α,β-unsaturated/α-hetero) is 1. The number of halogens is 1. The third-order valence-electron chi connectivity index (χ3n) is 2.15. The van der Waals surface area contributed by atoms with Crippen LogP contribution in [0.3, 0.4) is 0 Å². The molecule has 80 valence electrons. The van der Waals surface area contributed by atoms with Gasteiger partial charge in [0.25, 0.3) is 0 Å². The Bertz CT molecular complexity index is 406. The highest BCUT2D eigenvalue weighted by Crippen LogP contribution is 2.40. The average molecular weight is 228 g/mol. The molecule has 5 heteroatoms. The van der Waals surface area contributed by atoms with Crippen LogP contribution in [-0.4, -0.2) is 19.1 Å². The molecule has 0 aromatic heterocycles. The average Bonchev–Trinajstić information content (AvgIpc) is 2.67. The first-order chi connectivity index (χ1) is 7.24. The molecule has 1 heterocycles. The predicted molar refractivity (Wildman–Crippen MR) is 55.6 cm³/mol. The van der Waals surface area contributed by atoms with Gasteiger partial charge in [-0.2, -0.15) is 0 Å². The van der Waals surface area contributed by atoms with Crippen molar-refractivity contribution in [3.05, 3.63) is 22.7 Å². The van der Waals surface area contributed by atoms with E-state index in [1.165, 1.54) is 0 Å². The zero-order valence-corrected chi connectivity index (χ0v) is 8.71. The van der Waals surface area contributed by atoms with E-state index in [-0.39, 0.29) is 19.0 Å². The van der Waals surface area contributed by atoms with Crippen molar-refractivity contribution < 1.29 is 14.3 Å². The zero-order chi connectivity index (χ0) is 10.8. The summed E-state index contributed by atoms with van der Waals surface area (Å²) in [6.07, 6.45) is 0.277. The highest BCUT2D eigenvalue weighted by molar-refractivity contribution is 6.35. The van der Waals surface area contributed by atoms with Crippen molar-refractivity contribution in [2.75, 3.05) is 13.3 Å². The van der Waals surface area contributed by atoms with Crippen molar-refractivity contribution in [1.82, 2.24) is 0 Å². The van der Waals surface area contributed by atoms with Crippen LogP contribution in [-0.2, 0) is 0 Å². The van der Waals surface area contributed by atoms with E-state index in [4.69, 9.17) is 26.8 Å². The number of benzene rings is 1. The van der Waals surface area contributed by atoms with Gasteiger partial charge in [0.2, 0.25) is 6.79 Å². The van der Waals surface area contributed by atoms with Crippen molar-refractivity contribution in [3.63, 3.8) is 0 Å². The standard InChI is InChI=1S/C10H10ClNO3/c11-9-6(7(13)3-4-12)1-2-8-10(9)15-5-14-8/h1-2H,3-5,12H2. The van der Waals surface area contributed by atoms with Gasteiger partial charge in [0.15, 0.2) is 17.3 Å². The first-order valence-corrected chi connectivity index (χ1v) is 4.93. The fourth-order valence-corrected chi connectivity index (χ4v) is 1.74. The molecule has 1 aromatic carbocycles. The number of nitrogens with two attached hydrogens (primary N) is 1. The summed E-state index contributed by atoms with van der Waals surface area (Å²) in [6, 6.07) is 3.31. The normalized spacial score (nSPS) is 12.9. The van der Waals surface area contributed by atoms with Crippen LogP contribution < -0.4 is 15.2 Å². The van der Waals surface area contributed by atoms with Gasteiger partial charge in [-0.05, 0) is 18.7 Å². The van der Waals surface area contributed by atoms with Gasteiger partial charge in [0.05, 0.1) is 5.02 Å². The minimum Gasteiger partial charge on any atom is -0.454 e. The van der Waals surface area contributed by atoms with Crippen LogP contribution in [0.15, 0.2) is 12.1 Å². The van der Waals surface area contributed by atoms with Gasteiger partial charge in [-0.15, -0.1) is 0 Å². The van der Waals surface area contributed by atoms with Crippen LogP contribution in [0, 0.1) is 0 Å². The summed E-state index contributed by atoms with van der Waals surface area (Å²) in [4.78, 5) is 11.6. The first kappa shape index (κ1) is 10.3. The van der Waals surface area contributed by atoms with Crippen LogP contribution in [0.4, 0.5) is 0 Å². The van der Waals surface area contributed by atoms with Crippen molar-refractivity contribution >= 4 is 17.4 Å². The van der Waals surface area contributed by atoms with E-state index in [1.807, 2.05) is 0 Å². The molecule has 0 saturated carbocycles. The molecule has 1 aromatic rings. The minimum absolute atomic E-state index is 0.0826. The Kier molecular flexibility index (Phi) is 2.79. The molecule has 0 unspecified atom stereocenters. The summed E-state index contributed by atoms with van der Waals surface area (Å²) in [5, 5.41) is 0.309. The molecular weight excluding hydrogens is 218 g/mol. The quantitative estimate of drug-likeness (QED) is 0.797. The largest absolute Gasteiger partial charge is 0.454 e. The van der Waals surface area contributed by atoms with Crippen molar-refractivity contribution in [2.24, 2.45) is 5.73 Å². The number of ketones is 1. The maximum absolute atomic E-state index is 11.6. The zero-order valence-electron chi connectivity index (χ0n) is 7.96. The monoisotopic (exact) mass is 227 g/mol. The Morgan fingerprint density at radius 3 is 3.00 bits per heavy atom.